The molecule has 0 spiro atoms. The number of carbonyl (C=O) groups excluding carboxylic acids is 1. The quantitative estimate of drug-likeness (QED) is 0.599. The van der Waals surface area contributed by atoms with Gasteiger partial charge < -0.3 is 9.42 Å². The first-order chi connectivity index (χ1) is 14.5. The SMILES string of the molecule is CCN(Cc1ccccc1)S(=O)(=O)c1ccc2onc(C(=O)N3CCCCC3)c2c1. The van der Waals surface area contributed by atoms with Gasteiger partial charge in [0.2, 0.25) is 10.0 Å². The van der Waals surface area contributed by atoms with Crippen LogP contribution < -0.4 is 0 Å². The first-order valence-electron chi connectivity index (χ1n) is 10.2. The lowest BCUT2D eigenvalue weighted by Crippen LogP contribution is -2.35. The van der Waals surface area contributed by atoms with Crippen LogP contribution in [0, 0.1) is 0 Å². The van der Waals surface area contributed by atoms with E-state index in [0.717, 1.165) is 24.8 Å². The summed E-state index contributed by atoms with van der Waals surface area (Å²) in [5.74, 6) is -0.209. The summed E-state index contributed by atoms with van der Waals surface area (Å²) in [5, 5.41) is 4.38. The lowest BCUT2D eigenvalue weighted by Gasteiger charge is -2.25. The third-order valence-corrected chi connectivity index (χ3v) is 7.40. The molecule has 3 aromatic rings. The largest absolute Gasteiger partial charge is 0.355 e. The number of nitrogens with zero attached hydrogens (tertiary/aromatic N) is 3. The number of amides is 1. The molecule has 4 rings (SSSR count). The molecular formula is C22H25N3O4S. The third-order valence-electron chi connectivity index (χ3n) is 5.48. The monoisotopic (exact) mass is 427 g/mol. The number of benzene rings is 2. The summed E-state index contributed by atoms with van der Waals surface area (Å²) >= 11 is 0. The average molecular weight is 428 g/mol. The molecule has 7 nitrogen and oxygen atoms in total. The molecule has 158 valence electrons. The van der Waals surface area contributed by atoms with E-state index in [1.807, 2.05) is 37.3 Å². The minimum atomic E-state index is -3.75. The molecule has 0 N–H and O–H groups in total. The summed E-state index contributed by atoms with van der Waals surface area (Å²) < 4.78 is 33.3. The topological polar surface area (TPSA) is 83.7 Å². The number of piperidine rings is 1. The molecule has 1 fully saturated rings. The fourth-order valence-corrected chi connectivity index (χ4v) is 5.25. The number of likely N-dealkylation sites (tertiary alicyclic amines) is 1. The molecule has 0 bridgehead atoms. The molecule has 30 heavy (non-hydrogen) atoms. The van der Waals surface area contributed by atoms with E-state index in [-0.39, 0.29) is 23.0 Å². The Morgan fingerprint density at radius 2 is 1.83 bits per heavy atom. The number of hydrogen-bond donors (Lipinski definition) is 0. The zero-order valence-electron chi connectivity index (χ0n) is 17.0. The molecule has 0 atom stereocenters. The number of hydrogen-bond acceptors (Lipinski definition) is 5. The van der Waals surface area contributed by atoms with Gasteiger partial charge in [-0.25, -0.2) is 8.42 Å². The highest BCUT2D eigenvalue weighted by Gasteiger charge is 2.27. The lowest BCUT2D eigenvalue weighted by atomic mass is 10.1. The Labute approximate surface area is 176 Å². The molecular weight excluding hydrogens is 402 g/mol. The Hall–Kier alpha value is -2.71. The third kappa shape index (κ3) is 3.97. The van der Waals surface area contributed by atoms with Gasteiger partial charge in [0.25, 0.3) is 5.91 Å². The van der Waals surface area contributed by atoms with Crippen molar-refractivity contribution in [2.45, 2.75) is 37.6 Å². The summed E-state index contributed by atoms with van der Waals surface area (Å²) in [5.41, 5.74) is 1.49. The van der Waals surface area contributed by atoms with Gasteiger partial charge in [0.05, 0.1) is 10.3 Å². The van der Waals surface area contributed by atoms with Gasteiger partial charge in [0, 0.05) is 26.2 Å². The molecule has 1 amide bonds. The van der Waals surface area contributed by atoms with Crippen LogP contribution in [0.2, 0.25) is 0 Å². The fourth-order valence-electron chi connectivity index (χ4n) is 3.78. The maximum absolute atomic E-state index is 13.3. The zero-order chi connectivity index (χ0) is 21.1. The van der Waals surface area contributed by atoms with Gasteiger partial charge in [-0.05, 0) is 43.0 Å². The minimum Gasteiger partial charge on any atom is -0.355 e. The van der Waals surface area contributed by atoms with Crippen molar-refractivity contribution in [3.05, 3.63) is 59.8 Å². The Morgan fingerprint density at radius 1 is 1.10 bits per heavy atom. The van der Waals surface area contributed by atoms with Crippen molar-refractivity contribution >= 4 is 26.9 Å². The molecule has 0 aliphatic carbocycles. The van der Waals surface area contributed by atoms with Crippen molar-refractivity contribution in [1.29, 1.82) is 0 Å². The molecule has 2 aromatic carbocycles. The van der Waals surface area contributed by atoms with Crippen molar-refractivity contribution in [2.75, 3.05) is 19.6 Å². The van der Waals surface area contributed by atoms with Gasteiger partial charge in [-0.1, -0.05) is 42.4 Å². The highest BCUT2D eigenvalue weighted by atomic mass is 32.2. The molecule has 1 saturated heterocycles. The summed E-state index contributed by atoms with van der Waals surface area (Å²) in [7, 11) is -3.75. The predicted molar refractivity (Wildman–Crippen MR) is 113 cm³/mol. The molecule has 8 heteroatoms. The van der Waals surface area contributed by atoms with E-state index in [1.165, 1.54) is 16.4 Å². The van der Waals surface area contributed by atoms with E-state index in [2.05, 4.69) is 5.16 Å². The van der Waals surface area contributed by atoms with Crippen molar-refractivity contribution < 1.29 is 17.7 Å². The molecule has 0 unspecified atom stereocenters. The highest BCUT2D eigenvalue weighted by Crippen LogP contribution is 2.27. The van der Waals surface area contributed by atoms with Crippen molar-refractivity contribution in [2.24, 2.45) is 0 Å². The second-order valence-corrected chi connectivity index (χ2v) is 9.40. The zero-order valence-corrected chi connectivity index (χ0v) is 17.8. The van der Waals surface area contributed by atoms with Gasteiger partial charge in [-0.15, -0.1) is 0 Å². The van der Waals surface area contributed by atoms with Gasteiger partial charge in [-0.3, -0.25) is 4.79 Å². The van der Waals surface area contributed by atoms with Crippen LogP contribution in [-0.2, 0) is 16.6 Å². The van der Waals surface area contributed by atoms with E-state index >= 15 is 0 Å². The average Bonchev–Trinajstić information content (AvgIpc) is 3.21. The van der Waals surface area contributed by atoms with Gasteiger partial charge in [0.1, 0.15) is 0 Å². The smallest absolute Gasteiger partial charge is 0.276 e. The fraction of sp³-hybridized carbons (Fsp3) is 0.364. The van der Waals surface area contributed by atoms with Crippen LogP contribution in [0.1, 0.15) is 42.2 Å². The predicted octanol–water partition coefficient (Wildman–Crippen LogP) is 3.66. The number of rotatable bonds is 6. The number of carbonyl (C=O) groups is 1. The maximum atomic E-state index is 13.3. The van der Waals surface area contributed by atoms with E-state index in [4.69, 9.17) is 4.52 Å². The summed E-state index contributed by atoms with van der Waals surface area (Å²) in [4.78, 5) is 14.8. The Kier molecular flexibility index (Phi) is 5.87. The van der Waals surface area contributed by atoms with Crippen LogP contribution in [0.3, 0.4) is 0 Å². The molecule has 1 aliphatic heterocycles. The second-order valence-electron chi connectivity index (χ2n) is 7.46. The van der Waals surface area contributed by atoms with Gasteiger partial charge in [-0.2, -0.15) is 4.31 Å². The van der Waals surface area contributed by atoms with Crippen molar-refractivity contribution in [3.63, 3.8) is 0 Å². The Bertz CT molecular complexity index is 1140. The van der Waals surface area contributed by atoms with E-state index in [9.17, 15) is 13.2 Å². The van der Waals surface area contributed by atoms with Crippen LogP contribution in [0.5, 0.6) is 0 Å². The second kappa shape index (κ2) is 8.57. The maximum Gasteiger partial charge on any atom is 0.276 e. The Balaban J connectivity index is 1.67. The van der Waals surface area contributed by atoms with Gasteiger partial charge >= 0.3 is 0 Å². The summed E-state index contributed by atoms with van der Waals surface area (Å²) in [6, 6.07) is 14.0. The van der Waals surface area contributed by atoms with E-state index in [1.54, 1.807) is 11.0 Å². The molecule has 0 saturated carbocycles. The first kappa shape index (κ1) is 20.6. The first-order valence-corrected chi connectivity index (χ1v) is 11.7. The van der Waals surface area contributed by atoms with Crippen LogP contribution in [0.25, 0.3) is 11.0 Å². The highest BCUT2D eigenvalue weighted by molar-refractivity contribution is 7.89. The van der Waals surface area contributed by atoms with Crippen molar-refractivity contribution in [3.8, 4) is 0 Å². The minimum absolute atomic E-state index is 0.128. The summed E-state index contributed by atoms with van der Waals surface area (Å²) in [6.07, 6.45) is 3.04. The van der Waals surface area contributed by atoms with Gasteiger partial charge in [0.15, 0.2) is 11.3 Å². The van der Waals surface area contributed by atoms with Crippen molar-refractivity contribution in [1.82, 2.24) is 14.4 Å². The molecule has 0 radical (unpaired) electrons. The Morgan fingerprint density at radius 3 is 2.53 bits per heavy atom. The molecule has 1 aromatic heterocycles. The normalized spacial score (nSPS) is 15.1. The number of aromatic nitrogens is 1. The van der Waals surface area contributed by atoms with E-state index < -0.39 is 10.0 Å². The number of sulfonamides is 1. The van der Waals surface area contributed by atoms with Crippen LogP contribution in [0.15, 0.2) is 57.9 Å². The molecule has 1 aliphatic rings. The standard InChI is InChI=1S/C22H25N3O4S/c1-2-25(16-17-9-5-3-6-10-17)30(27,28)18-11-12-20-19(15-18)21(23-29-20)22(26)24-13-7-4-8-14-24/h3,5-6,9-12,15H,2,4,7-8,13-14,16H2,1H3. The van der Waals surface area contributed by atoms with Crippen LogP contribution in [-0.4, -0.2) is 48.3 Å². The lowest BCUT2D eigenvalue weighted by molar-refractivity contribution is 0.0716. The number of fused-ring (bicyclic) bond motifs is 1. The van der Waals surface area contributed by atoms with E-state index in [0.29, 0.717) is 30.6 Å². The van der Waals surface area contributed by atoms with Crippen LogP contribution in [0.4, 0.5) is 0 Å². The molecule has 2 heterocycles. The van der Waals surface area contributed by atoms with Crippen LogP contribution >= 0.6 is 0 Å². The summed E-state index contributed by atoms with van der Waals surface area (Å²) in [6.45, 7) is 3.79.